The first kappa shape index (κ1) is 19.2. The Balaban J connectivity index is 1.64. The van der Waals surface area contributed by atoms with Crippen molar-refractivity contribution in [3.63, 3.8) is 0 Å². The average molecular weight is 415 g/mol. The Bertz CT molecular complexity index is 1440. The Kier molecular flexibility index (Phi) is 4.82. The van der Waals surface area contributed by atoms with Crippen LogP contribution in [0.15, 0.2) is 83.9 Å². The van der Waals surface area contributed by atoms with Crippen molar-refractivity contribution >= 4 is 21.9 Å². The lowest BCUT2D eigenvalue weighted by Gasteiger charge is -2.09. The van der Waals surface area contributed by atoms with E-state index in [1.807, 2.05) is 34.9 Å². The van der Waals surface area contributed by atoms with Crippen molar-refractivity contribution in [2.75, 3.05) is 0 Å². The Morgan fingerprint density at radius 1 is 0.839 bits per heavy atom. The van der Waals surface area contributed by atoms with E-state index in [0.717, 1.165) is 11.1 Å². The van der Waals surface area contributed by atoms with Crippen molar-refractivity contribution in [2.45, 2.75) is 19.5 Å². The van der Waals surface area contributed by atoms with Crippen LogP contribution in [0.25, 0.3) is 21.9 Å². The number of benzene rings is 3. The van der Waals surface area contributed by atoms with Crippen LogP contribution in [0.4, 0.5) is 8.78 Å². The van der Waals surface area contributed by atoms with Crippen molar-refractivity contribution < 1.29 is 8.78 Å². The van der Waals surface area contributed by atoms with E-state index < -0.39 is 0 Å². The van der Waals surface area contributed by atoms with E-state index in [0.29, 0.717) is 41.4 Å². The number of hydrogen-bond acceptors (Lipinski definition) is 2. The monoisotopic (exact) mass is 415 g/mol. The molecule has 154 valence electrons. The van der Waals surface area contributed by atoms with Crippen LogP contribution >= 0.6 is 0 Å². The minimum Gasteiger partial charge on any atom is -0.330 e. The zero-order valence-electron chi connectivity index (χ0n) is 16.6. The van der Waals surface area contributed by atoms with Crippen molar-refractivity contribution in [3.8, 4) is 0 Å². The molecular formula is C25H19F2N3O. The molecular weight excluding hydrogens is 396 g/mol. The molecule has 0 radical (unpaired) electrons. The summed E-state index contributed by atoms with van der Waals surface area (Å²) in [5.41, 5.74) is 3.39. The highest BCUT2D eigenvalue weighted by Crippen LogP contribution is 2.27. The van der Waals surface area contributed by atoms with E-state index in [9.17, 15) is 13.6 Å². The van der Waals surface area contributed by atoms with Crippen LogP contribution in [0.5, 0.6) is 0 Å². The summed E-state index contributed by atoms with van der Waals surface area (Å²) in [6.45, 7) is 0.837. The number of halogens is 2. The maximum absolute atomic E-state index is 14.0. The number of rotatable bonds is 5. The third-order valence-corrected chi connectivity index (χ3v) is 5.53. The number of fused-ring (bicyclic) bond motifs is 3. The van der Waals surface area contributed by atoms with E-state index >= 15 is 0 Å². The first-order valence-corrected chi connectivity index (χ1v) is 10.1. The van der Waals surface area contributed by atoms with Gasteiger partial charge in [0.15, 0.2) is 0 Å². The minimum atomic E-state index is -0.386. The molecule has 5 aromatic rings. The standard InChI is InChI=1S/C25H19F2N3O/c26-19-8-6-18(7-9-19)15-30-22-11-10-20(27)14-21(22)23-24(30)25(31)29(16-28-23)13-12-17-4-2-1-3-5-17/h1-11,14,16H,12-13,15H2. The summed E-state index contributed by atoms with van der Waals surface area (Å²) in [6.07, 6.45) is 2.22. The van der Waals surface area contributed by atoms with Gasteiger partial charge >= 0.3 is 0 Å². The SMILES string of the molecule is O=c1c2c(ncn1CCc1ccccc1)c1cc(F)ccc1n2Cc1ccc(F)cc1. The molecule has 0 atom stereocenters. The molecule has 0 spiro atoms. The molecule has 5 rings (SSSR count). The molecule has 3 aromatic carbocycles. The number of hydrogen-bond donors (Lipinski definition) is 0. The third kappa shape index (κ3) is 3.61. The summed E-state index contributed by atoms with van der Waals surface area (Å²) in [6, 6.07) is 20.5. The molecule has 0 aliphatic carbocycles. The molecule has 31 heavy (non-hydrogen) atoms. The predicted octanol–water partition coefficient (Wildman–Crippen LogP) is 4.92. The smallest absolute Gasteiger partial charge is 0.277 e. The van der Waals surface area contributed by atoms with Gasteiger partial charge in [0.05, 0.1) is 11.8 Å². The van der Waals surface area contributed by atoms with Crippen molar-refractivity contribution in [2.24, 2.45) is 0 Å². The highest BCUT2D eigenvalue weighted by Gasteiger charge is 2.17. The topological polar surface area (TPSA) is 39.8 Å². The first-order valence-electron chi connectivity index (χ1n) is 10.1. The quantitative estimate of drug-likeness (QED) is 0.409. The van der Waals surface area contributed by atoms with Gasteiger partial charge in [-0.05, 0) is 47.9 Å². The van der Waals surface area contributed by atoms with Gasteiger partial charge in [-0.1, -0.05) is 42.5 Å². The summed E-state index contributed by atoms with van der Waals surface area (Å²) < 4.78 is 30.7. The van der Waals surface area contributed by atoms with Crippen LogP contribution in [0, 0.1) is 11.6 Å². The van der Waals surface area contributed by atoms with Gasteiger partial charge in [0.25, 0.3) is 5.56 Å². The van der Waals surface area contributed by atoms with E-state index in [1.54, 1.807) is 22.8 Å². The van der Waals surface area contributed by atoms with Crippen molar-refractivity contribution in [3.05, 3.63) is 112 Å². The van der Waals surface area contributed by atoms with E-state index in [4.69, 9.17) is 0 Å². The van der Waals surface area contributed by atoms with Gasteiger partial charge < -0.3 is 4.57 Å². The lowest BCUT2D eigenvalue weighted by atomic mass is 10.1. The van der Waals surface area contributed by atoms with Crippen LogP contribution < -0.4 is 5.56 Å². The summed E-state index contributed by atoms with van der Waals surface area (Å²) in [7, 11) is 0. The van der Waals surface area contributed by atoms with E-state index in [2.05, 4.69) is 4.98 Å². The van der Waals surface area contributed by atoms with Gasteiger partial charge in [-0.15, -0.1) is 0 Å². The number of aromatic nitrogens is 3. The zero-order valence-corrected chi connectivity index (χ0v) is 16.6. The maximum atomic E-state index is 14.0. The molecule has 0 fully saturated rings. The lowest BCUT2D eigenvalue weighted by molar-refractivity contribution is 0.626. The Hall–Kier alpha value is -3.80. The van der Waals surface area contributed by atoms with Crippen molar-refractivity contribution in [1.29, 1.82) is 0 Å². The van der Waals surface area contributed by atoms with Gasteiger partial charge in [0, 0.05) is 18.5 Å². The van der Waals surface area contributed by atoms with E-state index in [-0.39, 0.29) is 17.2 Å². The van der Waals surface area contributed by atoms with E-state index in [1.165, 1.54) is 30.6 Å². The molecule has 0 unspecified atom stereocenters. The maximum Gasteiger partial charge on any atom is 0.277 e. The molecule has 2 aromatic heterocycles. The molecule has 2 heterocycles. The molecule has 0 amide bonds. The molecule has 6 heteroatoms. The fourth-order valence-corrected chi connectivity index (χ4v) is 3.96. The van der Waals surface area contributed by atoms with Crippen LogP contribution in [0.3, 0.4) is 0 Å². The Labute approximate surface area is 177 Å². The second-order valence-corrected chi connectivity index (χ2v) is 7.55. The lowest BCUT2D eigenvalue weighted by Crippen LogP contribution is -2.23. The first-order chi connectivity index (χ1) is 15.1. The summed E-state index contributed by atoms with van der Waals surface area (Å²) in [5.74, 6) is -0.707. The van der Waals surface area contributed by atoms with Gasteiger partial charge in [0.2, 0.25) is 0 Å². The fraction of sp³-hybridized carbons (Fsp3) is 0.120. The molecule has 0 aliphatic rings. The molecule has 0 bridgehead atoms. The second-order valence-electron chi connectivity index (χ2n) is 7.55. The molecule has 0 aliphatic heterocycles. The fourth-order valence-electron chi connectivity index (χ4n) is 3.96. The predicted molar refractivity (Wildman–Crippen MR) is 117 cm³/mol. The van der Waals surface area contributed by atoms with Crippen LogP contribution in [0.1, 0.15) is 11.1 Å². The average Bonchev–Trinajstić information content (AvgIpc) is 3.09. The molecule has 4 nitrogen and oxygen atoms in total. The van der Waals surface area contributed by atoms with Gasteiger partial charge in [-0.25, -0.2) is 13.8 Å². The summed E-state index contributed by atoms with van der Waals surface area (Å²) in [4.78, 5) is 17.9. The highest BCUT2D eigenvalue weighted by molar-refractivity contribution is 6.05. The second kappa shape index (κ2) is 7.80. The van der Waals surface area contributed by atoms with Crippen molar-refractivity contribution in [1.82, 2.24) is 14.1 Å². The molecule has 0 N–H and O–H groups in total. The highest BCUT2D eigenvalue weighted by atomic mass is 19.1. The Morgan fingerprint density at radius 2 is 1.58 bits per heavy atom. The molecule has 0 saturated heterocycles. The normalized spacial score (nSPS) is 11.4. The van der Waals surface area contributed by atoms with Crippen LogP contribution in [-0.2, 0) is 19.5 Å². The largest absolute Gasteiger partial charge is 0.330 e. The molecule has 0 saturated carbocycles. The van der Waals surface area contributed by atoms with Crippen LogP contribution in [0.2, 0.25) is 0 Å². The number of nitrogens with zero attached hydrogens (tertiary/aromatic N) is 3. The van der Waals surface area contributed by atoms with Gasteiger partial charge in [-0.3, -0.25) is 9.36 Å². The number of aryl methyl sites for hydroxylation is 2. The zero-order chi connectivity index (χ0) is 21.4. The van der Waals surface area contributed by atoms with Crippen LogP contribution in [-0.4, -0.2) is 14.1 Å². The summed E-state index contributed by atoms with van der Waals surface area (Å²) >= 11 is 0. The minimum absolute atomic E-state index is 0.181. The van der Waals surface area contributed by atoms with Gasteiger partial charge in [-0.2, -0.15) is 0 Å². The third-order valence-electron chi connectivity index (χ3n) is 5.53. The Morgan fingerprint density at radius 3 is 2.35 bits per heavy atom. The summed E-state index contributed by atoms with van der Waals surface area (Å²) in [5, 5.41) is 0.587. The van der Waals surface area contributed by atoms with Gasteiger partial charge in [0.1, 0.15) is 22.7 Å².